The Hall–Kier alpha value is -3.29. The number of rotatable bonds is 13. The lowest BCUT2D eigenvalue weighted by molar-refractivity contribution is -0.344. The molecule has 0 radical (unpaired) electrons. The molecule has 0 aromatic carbocycles. The third-order valence-corrected chi connectivity index (χ3v) is 11.2. The average Bonchev–Trinajstić information content (AvgIpc) is 3.15. The summed E-state index contributed by atoms with van der Waals surface area (Å²) in [4.78, 5) is 64.9. The highest BCUT2D eigenvalue weighted by Crippen LogP contribution is 2.38. The third kappa shape index (κ3) is 14.4. The zero-order valence-corrected chi connectivity index (χ0v) is 37.1. The predicted octanol–water partition coefficient (Wildman–Crippen LogP) is 3.34. The molecule has 2 N–H and O–H groups in total. The van der Waals surface area contributed by atoms with Crippen molar-refractivity contribution in [2.75, 3.05) is 21.2 Å². The minimum Gasteiger partial charge on any atom is -0.462 e. The summed E-state index contributed by atoms with van der Waals surface area (Å²) in [7, 11) is 4.84. The molecule has 2 fully saturated rings. The SMILES string of the molecule is CCC(=O)O[C@H]1CC(=O)O[C@H](C)C/C=C/C=C/[C@H](OC(C)=O)[C@H](C)C[C@H](CC=O)[C@H](O[C@@H]2O[C@H](C)[C@@H](O[C@H]3C[C@@](C)(O)[C@@H](OC(=O)CC)[C@H](C)O3)[C@H](N(C)C)[C@H]2O)[C@H]1OC. The summed E-state index contributed by atoms with van der Waals surface area (Å²) in [6.07, 6.45) is -4.14. The molecular weight excluding hydrogens is 786 g/mol. The fraction of sp³-hybridized carbons (Fsp3) is 0.791. The Labute approximate surface area is 354 Å². The van der Waals surface area contributed by atoms with Crippen molar-refractivity contribution in [2.24, 2.45) is 11.8 Å². The van der Waals surface area contributed by atoms with E-state index in [1.165, 1.54) is 14.0 Å². The summed E-state index contributed by atoms with van der Waals surface area (Å²) < 4.78 is 54.5. The molecule has 0 bridgehead atoms. The van der Waals surface area contributed by atoms with Crippen molar-refractivity contribution in [3.05, 3.63) is 24.3 Å². The van der Waals surface area contributed by atoms with E-state index in [4.69, 9.17) is 42.6 Å². The van der Waals surface area contributed by atoms with Gasteiger partial charge in [-0.25, -0.2) is 0 Å². The van der Waals surface area contributed by atoms with Crippen LogP contribution in [0, 0.1) is 11.8 Å². The van der Waals surface area contributed by atoms with Gasteiger partial charge in [0.15, 0.2) is 18.7 Å². The van der Waals surface area contributed by atoms with E-state index in [1.807, 2.05) is 13.0 Å². The minimum absolute atomic E-state index is 0.0166. The summed E-state index contributed by atoms with van der Waals surface area (Å²) in [5.74, 6) is -3.40. The monoisotopic (exact) mass is 855 g/mol. The number of allylic oxidation sites excluding steroid dienone is 2. The lowest BCUT2D eigenvalue weighted by Gasteiger charge is -2.50. The van der Waals surface area contributed by atoms with Gasteiger partial charge in [-0.2, -0.15) is 0 Å². The van der Waals surface area contributed by atoms with Gasteiger partial charge >= 0.3 is 23.9 Å². The van der Waals surface area contributed by atoms with Crippen molar-refractivity contribution in [2.45, 2.75) is 186 Å². The van der Waals surface area contributed by atoms with Gasteiger partial charge in [-0.15, -0.1) is 0 Å². The van der Waals surface area contributed by atoms with Crippen LogP contribution in [-0.4, -0.2) is 152 Å². The van der Waals surface area contributed by atoms with Gasteiger partial charge in [-0.05, 0) is 66.1 Å². The number of hydrogen-bond acceptors (Lipinski definition) is 17. The van der Waals surface area contributed by atoms with Crippen LogP contribution in [0.2, 0.25) is 0 Å². The maximum atomic E-state index is 13.4. The van der Waals surface area contributed by atoms with Crippen LogP contribution < -0.4 is 0 Å². The Morgan fingerprint density at radius 1 is 0.950 bits per heavy atom. The molecule has 3 aliphatic rings. The number of carbonyl (C=O) groups is 5. The minimum atomic E-state index is -1.50. The first-order chi connectivity index (χ1) is 28.3. The molecule has 342 valence electrons. The second-order valence-electron chi connectivity index (χ2n) is 16.5. The molecule has 3 heterocycles. The predicted molar refractivity (Wildman–Crippen MR) is 215 cm³/mol. The van der Waals surface area contributed by atoms with E-state index in [9.17, 15) is 34.2 Å². The number of likely N-dealkylation sites (N-methyl/N-ethyl adjacent to an activating group) is 1. The average molecular weight is 856 g/mol. The number of cyclic esters (lactones) is 1. The summed E-state index contributed by atoms with van der Waals surface area (Å²) in [5.41, 5.74) is -1.50. The first-order valence-electron chi connectivity index (χ1n) is 21.0. The van der Waals surface area contributed by atoms with E-state index in [2.05, 4.69) is 0 Å². The van der Waals surface area contributed by atoms with Crippen molar-refractivity contribution < 1.29 is 76.8 Å². The molecule has 16 atom stereocenters. The number of aldehydes is 1. The van der Waals surface area contributed by atoms with Crippen molar-refractivity contribution in [3.8, 4) is 0 Å². The lowest BCUT2D eigenvalue weighted by atomic mass is 9.82. The number of aliphatic hydroxyl groups excluding tert-OH is 1. The van der Waals surface area contributed by atoms with Crippen LogP contribution in [-0.2, 0) is 66.6 Å². The van der Waals surface area contributed by atoms with Crippen molar-refractivity contribution >= 4 is 30.2 Å². The number of nitrogens with zero attached hydrogens (tertiary/aromatic N) is 1. The number of methoxy groups -OCH3 is 1. The van der Waals surface area contributed by atoms with E-state index in [0.717, 1.165) is 0 Å². The van der Waals surface area contributed by atoms with Gasteiger partial charge in [0.1, 0.15) is 48.5 Å². The van der Waals surface area contributed by atoms with Gasteiger partial charge in [0, 0.05) is 46.1 Å². The van der Waals surface area contributed by atoms with Crippen molar-refractivity contribution in [3.63, 3.8) is 0 Å². The fourth-order valence-electron chi connectivity index (χ4n) is 8.16. The second kappa shape index (κ2) is 23.8. The molecule has 0 saturated carbocycles. The highest BCUT2D eigenvalue weighted by Gasteiger charge is 2.53. The second-order valence-corrected chi connectivity index (χ2v) is 16.5. The van der Waals surface area contributed by atoms with Gasteiger partial charge in [-0.1, -0.05) is 39.0 Å². The maximum Gasteiger partial charge on any atom is 0.309 e. The molecule has 3 rings (SSSR count). The number of hydrogen-bond donors (Lipinski definition) is 2. The highest BCUT2D eigenvalue weighted by atomic mass is 16.7. The number of ether oxygens (including phenoxy) is 9. The van der Waals surface area contributed by atoms with E-state index >= 15 is 0 Å². The molecule has 0 aliphatic carbocycles. The molecule has 2 saturated heterocycles. The molecule has 0 spiro atoms. The number of esters is 4. The topological polar surface area (TPSA) is 212 Å². The summed E-state index contributed by atoms with van der Waals surface area (Å²) in [6.45, 7) is 13.1. The molecular formula is C43H69NO16. The van der Waals surface area contributed by atoms with Gasteiger partial charge in [0.2, 0.25) is 0 Å². The van der Waals surface area contributed by atoms with Crippen LogP contribution in [0.1, 0.15) is 100 Å². The van der Waals surface area contributed by atoms with E-state index in [0.29, 0.717) is 12.7 Å². The van der Waals surface area contributed by atoms with Crippen molar-refractivity contribution in [1.82, 2.24) is 4.90 Å². The molecule has 0 aromatic rings. The largest absolute Gasteiger partial charge is 0.462 e. The molecule has 60 heavy (non-hydrogen) atoms. The van der Waals surface area contributed by atoms with Crippen LogP contribution in [0.3, 0.4) is 0 Å². The fourth-order valence-corrected chi connectivity index (χ4v) is 8.16. The van der Waals surface area contributed by atoms with Crippen LogP contribution in [0.4, 0.5) is 0 Å². The van der Waals surface area contributed by atoms with E-state index in [-0.39, 0.29) is 32.1 Å². The van der Waals surface area contributed by atoms with Crippen LogP contribution in [0.25, 0.3) is 0 Å². The first-order valence-corrected chi connectivity index (χ1v) is 21.0. The maximum absolute atomic E-state index is 13.4. The van der Waals surface area contributed by atoms with Crippen LogP contribution in [0.15, 0.2) is 24.3 Å². The van der Waals surface area contributed by atoms with Gasteiger partial charge < -0.3 is 62.5 Å². The quantitative estimate of drug-likeness (QED) is 0.155. The smallest absolute Gasteiger partial charge is 0.309 e. The highest BCUT2D eigenvalue weighted by molar-refractivity contribution is 5.73. The normalized spacial score (nSPS) is 39.5. The Morgan fingerprint density at radius 2 is 1.62 bits per heavy atom. The van der Waals surface area contributed by atoms with Crippen LogP contribution >= 0.6 is 0 Å². The lowest BCUT2D eigenvalue weighted by Crippen LogP contribution is -2.66. The Kier molecular flexibility index (Phi) is 20.3. The molecule has 17 nitrogen and oxygen atoms in total. The van der Waals surface area contributed by atoms with Crippen molar-refractivity contribution in [1.29, 1.82) is 0 Å². The van der Waals surface area contributed by atoms with Gasteiger partial charge in [-0.3, -0.25) is 19.2 Å². The van der Waals surface area contributed by atoms with Gasteiger partial charge in [0.05, 0.1) is 30.8 Å². The number of carbonyl (C=O) groups excluding carboxylic acids is 5. The van der Waals surface area contributed by atoms with E-state index < -0.39 is 127 Å². The van der Waals surface area contributed by atoms with Gasteiger partial charge in [0.25, 0.3) is 0 Å². The Morgan fingerprint density at radius 3 is 2.20 bits per heavy atom. The third-order valence-electron chi connectivity index (χ3n) is 11.2. The summed E-state index contributed by atoms with van der Waals surface area (Å²) in [6, 6.07) is -0.800. The molecule has 0 amide bonds. The first kappa shape index (κ1) is 51.1. The van der Waals surface area contributed by atoms with E-state index in [1.54, 1.807) is 78.8 Å². The molecule has 17 heteroatoms. The van der Waals surface area contributed by atoms with Crippen LogP contribution in [0.5, 0.6) is 0 Å². The Balaban J connectivity index is 2.06. The molecule has 3 aliphatic heterocycles. The number of aliphatic hydroxyl groups is 2. The summed E-state index contributed by atoms with van der Waals surface area (Å²) >= 11 is 0. The molecule has 0 aromatic heterocycles. The molecule has 0 unspecified atom stereocenters. The Bertz CT molecular complexity index is 1470. The zero-order chi connectivity index (χ0) is 44.9. The standard InChI is InChI=1S/C43H69NO16/c1-12-32(47)57-31-22-34(49)53-25(4)17-15-14-16-18-30(56-28(7)46)24(3)21-29(19-20-45)39(40(31)52-11)60-42-37(50)36(44(9)10)38(26(5)55-42)59-35-23-43(8,51)41(27(6)54-35)58-33(48)13-2/h14-16,18,20,24-27,29-31,35-42,50-51H,12-13,17,19,21-23H2,1-11H3/b15-14+,18-16+/t24-,25-,26-,27+,29+,30+,31+,35+,36-,37-,38-,39+,40+,41+,42+,43-/m1/s1. The zero-order valence-electron chi connectivity index (χ0n) is 37.1. The summed E-state index contributed by atoms with van der Waals surface area (Å²) in [5, 5.41) is 23.5.